The Labute approximate surface area is 173 Å². The summed E-state index contributed by atoms with van der Waals surface area (Å²) in [7, 11) is 1.61. The second-order valence-electron chi connectivity index (χ2n) is 6.59. The maximum Gasteiger partial charge on any atom is 0.291 e. The second kappa shape index (κ2) is 9.00. The number of methoxy groups -OCH3 is 1. The molecule has 0 saturated carbocycles. The molecule has 7 nitrogen and oxygen atoms in total. The van der Waals surface area contributed by atoms with Crippen molar-refractivity contribution in [1.82, 2.24) is 9.78 Å². The quantitative estimate of drug-likeness (QED) is 0.473. The number of nitrogens with one attached hydrogen (secondary N) is 1. The molecule has 1 N–H and O–H groups in total. The highest BCUT2D eigenvalue weighted by Gasteiger charge is 2.12. The number of anilines is 1. The number of hydrogen-bond acceptors (Lipinski definition) is 5. The van der Waals surface area contributed by atoms with Crippen LogP contribution in [0.15, 0.2) is 83.5 Å². The van der Waals surface area contributed by atoms with Crippen molar-refractivity contribution in [2.75, 3.05) is 12.4 Å². The van der Waals surface area contributed by atoms with Crippen LogP contribution >= 0.6 is 0 Å². The van der Waals surface area contributed by atoms with E-state index in [1.165, 1.54) is 0 Å². The molecule has 0 unspecified atom stereocenters. The lowest BCUT2D eigenvalue weighted by Gasteiger charge is -2.07. The first-order chi connectivity index (χ1) is 14.7. The largest absolute Gasteiger partial charge is 0.497 e. The van der Waals surface area contributed by atoms with Crippen molar-refractivity contribution in [3.63, 3.8) is 0 Å². The molecule has 2 aromatic heterocycles. The van der Waals surface area contributed by atoms with Gasteiger partial charge < -0.3 is 19.2 Å². The summed E-state index contributed by atoms with van der Waals surface area (Å²) in [5.74, 6) is 1.91. The molecule has 0 aliphatic heterocycles. The number of carbonyl (C=O) groups excluding carboxylic acids is 1. The molecule has 0 aliphatic carbocycles. The Balaban J connectivity index is 1.34. The Morgan fingerprint density at radius 1 is 1.07 bits per heavy atom. The highest BCUT2D eigenvalue weighted by Crippen LogP contribution is 2.19. The summed E-state index contributed by atoms with van der Waals surface area (Å²) < 4.78 is 18.2. The van der Waals surface area contributed by atoms with E-state index in [4.69, 9.17) is 13.9 Å². The number of ether oxygens (including phenoxy) is 2. The lowest BCUT2D eigenvalue weighted by atomic mass is 10.2. The maximum absolute atomic E-state index is 12.5. The van der Waals surface area contributed by atoms with E-state index in [1.54, 1.807) is 25.4 Å². The first-order valence-electron chi connectivity index (χ1n) is 9.43. The van der Waals surface area contributed by atoms with Crippen LogP contribution in [0.2, 0.25) is 0 Å². The van der Waals surface area contributed by atoms with Crippen molar-refractivity contribution < 1.29 is 18.7 Å². The third kappa shape index (κ3) is 4.88. The number of nitrogens with zero attached hydrogens (tertiary/aromatic N) is 2. The van der Waals surface area contributed by atoms with Crippen molar-refractivity contribution in [3.05, 3.63) is 96.2 Å². The number of benzene rings is 2. The van der Waals surface area contributed by atoms with Crippen molar-refractivity contribution in [2.45, 2.75) is 13.2 Å². The fourth-order valence-corrected chi connectivity index (χ4v) is 2.93. The van der Waals surface area contributed by atoms with Crippen LogP contribution in [0.1, 0.15) is 21.9 Å². The van der Waals surface area contributed by atoms with E-state index >= 15 is 0 Å². The fraction of sp³-hybridized carbons (Fsp3) is 0.130. The zero-order valence-electron chi connectivity index (χ0n) is 16.4. The van der Waals surface area contributed by atoms with Crippen molar-refractivity contribution >= 4 is 11.6 Å². The molecular weight excluding hydrogens is 382 g/mol. The van der Waals surface area contributed by atoms with Gasteiger partial charge in [-0.1, -0.05) is 12.1 Å². The average Bonchev–Trinajstić information content (AvgIpc) is 3.45. The predicted octanol–water partition coefficient (Wildman–Crippen LogP) is 4.36. The zero-order valence-corrected chi connectivity index (χ0v) is 16.4. The van der Waals surface area contributed by atoms with Gasteiger partial charge in [0, 0.05) is 18.1 Å². The maximum atomic E-state index is 12.5. The zero-order chi connectivity index (χ0) is 20.8. The summed E-state index contributed by atoms with van der Waals surface area (Å²) in [4.78, 5) is 12.5. The molecule has 0 saturated heterocycles. The summed E-state index contributed by atoms with van der Waals surface area (Å²) in [6.07, 6.45) is 3.63. The van der Waals surface area contributed by atoms with Crippen molar-refractivity contribution in [2.24, 2.45) is 0 Å². The molecule has 4 aromatic rings. The molecule has 4 rings (SSSR count). The molecular formula is C23H21N3O4. The Morgan fingerprint density at radius 2 is 1.90 bits per heavy atom. The van der Waals surface area contributed by atoms with Gasteiger partial charge >= 0.3 is 0 Å². The van der Waals surface area contributed by atoms with Crippen LogP contribution in [0.25, 0.3) is 0 Å². The van der Waals surface area contributed by atoms with Gasteiger partial charge in [-0.15, -0.1) is 0 Å². The molecule has 1 amide bonds. The highest BCUT2D eigenvalue weighted by molar-refractivity contribution is 6.02. The van der Waals surface area contributed by atoms with E-state index in [9.17, 15) is 4.79 Å². The monoisotopic (exact) mass is 403 g/mol. The van der Waals surface area contributed by atoms with E-state index in [-0.39, 0.29) is 18.3 Å². The molecule has 0 spiro atoms. The van der Waals surface area contributed by atoms with Crippen molar-refractivity contribution in [1.29, 1.82) is 0 Å². The van der Waals surface area contributed by atoms with Gasteiger partial charge in [0.15, 0.2) is 5.76 Å². The molecule has 0 aliphatic rings. The average molecular weight is 403 g/mol. The summed E-state index contributed by atoms with van der Waals surface area (Å²) in [6, 6.07) is 20.1. The lowest BCUT2D eigenvalue weighted by molar-refractivity contribution is 0.0992. The minimum absolute atomic E-state index is 0.221. The first-order valence-corrected chi connectivity index (χ1v) is 9.43. The Bertz CT molecular complexity index is 1100. The third-order valence-electron chi connectivity index (χ3n) is 4.41. The van der Waals surface area contributed by atoms with Gasteiger partial charge in [-0.05, 0) is 60.2 Å². The standard InChI is InChI=1S/C23H21N3O4/c1-28-19-6-8-20(9-7-19)29-16-21-10-11-22(30-21)23(27)25-18-5-2-4-17(14-18)15-26-13-3-12-24-26/h2-14H,15-16H2,1H3,(H,25,27). The molecule has 0 radical (unpaired) electrons. The van der Waals surface area contributed by atoms with Crippen molar-refractivity contribution in [3.8, 4) is 11.5 Å². The van der Waals surface area contributed by atoms with E-state index in [2.05, 4.69) is 10.4 Å². The minimum atomic E-state index is -0.318. The summed E-state index contributed by atoms with van der Waals surface area (Å²) in [6.45, 7) is 0.850. The van der Waals surface area contributed by atoms with Crippen LogP contribution in [0.5, 0.6) is 11.5 Å². The number of furan rings is 1. The van der Waals surface area contributed by atoms with E-state index < -0.39 is 0 Å². The van der Waals surface area contributed by atoms with Gasteiger partial charge in [-0.2, -0.15) is 5.10 Å². The third-order valence-corrected chi connectivity index (χ3v) is 4.41. The van der Waals surface area contributed by atoms with Gasteiger partial charge in [0.25, 0.3) is 5.91 Å². The predicted molar refractivity (Wildman–Crippen MR) is 112 cm³/mol. The summed E-state index contributed by atoms with van der Waals surface area (Å²) in [5.41, 5.74) is 1.72. The van der Waals surface area contributed by atoms with Gasteiger partial charge in [0.1, 0.15) is 23.9 Å². The SMILES string of the molecule is COc1ccc(OCc2ccc(C(=O)Nc3cccc(Cn4cccn4)c3)o2)cc1. The Morgan fingerprint density at radius 3 is 2.67 bits per heavy atom. The van der Waals surface area contributed by atoms with Crippen LogP contribution in [-0.4, -0.2) is 22.8 Å². The fourth-order valence-electron chi connectivity index (χ4n) is 2.93. The van der Waals surface area contributed by atoms with Crippen LogP contribution in [0, 0.1) is 0 Å². The molecule has 152 valence electrons. The number of rotatable bonds is 8. The smallest absolute Gasteiger partial charge is 0.291 e. The molecule has 2 heterocycles. The molecule has 0 bridgehead atoms. The number of carbonyl (C=O) groups is 1. The van der Waals surface area contributed by atoms with Gasteiger partial charge in [-0.3, -0.25) is 9.48 Å². The minimum Gasteiger partial charge on any atom is -0.497 e. The molecule has 7 heteroatoms. The van der Waals surface area contributed by atoms with Crippen LogP contribution in [0.4, 0.5) is 5.69 Å². The summed E-state index contributed by atoms with van der Waals surface area (Å²) >= 11 is 0. The van der Waals surface area contributed by atoms with Gasteiger partial charge in [-0.25, -0.2) is 0 Å². The topological polar surface area (TPSA) is 78.5 Å². The number of hydrogen-bond donors (Lipinski definition) is 1. The van der Waals surface area contributed by atoms with E-state index in [0.717, 1.165) is 11.3 Å². The second-order valence-corrected chi connectivity index (χ2v) is 6.59. The van der Waals surface area contributed by atoms with E-state index in [1.807, 2.05) is 65.5 Å². The Hall–Kier alpha value is -4.00. The molecule has 2 aromatic carbocycles. The summed E-state index contributed by atoms with van der Waals surface area (Å²) in [5, 5.41) is 7.06. The first kappa shape index (κ1) is 19.3. The normalized spacial score (nSPS) is 10.6. The van der Waals surface area contributed by atoms with Crippen LogP contribution < -0.4 is 14.8 Å². The highest BCUT2D eigenvalue weighted by atomic mass is 16.5. The number of amides is 1. The molecule has 0 fully saturated rings. The molecule has 0 atom stereocenters. The van der Waals surface area contributed by atoms with Gasteiger partial charge in [0.2, 0.25) is 0 Å². The molecule has 30 heavy (non-hydrogen) atoms. The van der Waals surface area contributed by atoms with E-state index in [0.29, 0.717) is 23.7 Å². The Kier molecular flexibility index (Phi) is 5.80. The van der Waals surface area contributed by atoms with Gasteiger partial charge in [0.05, 0.1) is 13.7 Å². The number of aromatic nitrogens is 2. The lowest BCUT2D eigenvalue weighted by Crippen LogP contribution is -2.11. The van der Waals surface area contributed by atoms with Crippen LogP contribution in [-0.2, 0) is 13.2 Å². The van der Waals surface area contributed by atoms with Crippen LogP contribution in [0.3, 0.4) is 0 Å².